The Kier molecular flexibility index (Phi) is 5.31. The third-order valence-corrected chi connectivity index (χ3v) is 6.62. The number of thiol groups is 2. The molecule has 0 saturated carbocycles. The summed E-state index contributed by atoms with van der Waals surface area (Å²) in [5, 5.41) is 0.750. The molecule has 0 unspecified atom stereocenters. The van der Waals surface area contributed by atoms with Crippen molar-refractivity contribution in [3.63, 3.8) is 0 Å². The van der Waals surface area contributed by atoms with Crippen molar-refractivity contribution in [2.24, 2.45) is 0 Å². The van der Waals surface area contributed by atoms with Crippen molar-refractivity contribution in [3.05, 3.63) is 45.9 Å². The minimum Gasteiger partial charge on any atom is -0.230 e. The quantitative estimate of drug-likeness (QED) is 0.297. The van der Waals surface area contributed by atoms with Crippen molar-refractivity contribution in [2.45, 2.75) is 8.68 Å². The third kappa shape index (κ3) is 3.60. The first-order chi connectivity index (χ1) is 10.5. The molecular weight excluding hydrogens is 440 g/mol. The number of aromatic nitrogens is 2. The fourth-order valence-corrected chi connectivity index (χ4v) is 4.88. The van der Waals surface area contributed by atoms with Crippen LogP contribution in [0.25, 0.3) is 20.4 Å². The summed E-state index contributed by atoms with van der Waals surface area (Å²) in [6.07, 6.45) is 0. The number of nitrogens with zero attached hydrogens (tertiary/aromatic N) is 2. The van der Waals surface area contributed by atoms with Crippen LogP contribution in [0.1, 0.15) is 0 Å². The van der Waals surface area contributed by atoms with E-state index in [0.717, 1.165) is 38.6 Å². The summed E-state index contributed by atoms with van der Waals surface area (Å²) in [4.78, 5) is 8.40. The van der Waals surface area contributed by atoms with Crippen LogP contribution in [-0.2, 0) is 0 Å². The monoisotopic (exact) mass is 446 g/mol. The van der Waals surface area contributed by atoms with Crippen LogP contribution < -0.4 is 0 Å². The summed E-state index contributed by atoms with van der Waals surface area (Å²) in [5.74, 6) is 0. The highest BCUT2D eigenvalue weighted by atomic mass is 79.9. The SMILES string of the molecule is Sc1nc2cccc(Br)c2s1.Sc1nc2cccc(Cl)c2s1. The molecular formula is C14H8BrClN2S4. The molecule has 2 aromatic carbocycles. The topological polar surface area (TPSA) is 25.8 Å². The predicted octanol–water partition coefficient (Wildman–Crippen LogP) is 6.59. The van der Waals surface area contributed by atoms with Gasteiger partial charge in [0.2, 0.25) is 0 Å². The van der Waals surface area contributed by atoms with Crippen molar-refractivity contribution >= 4 is 95.9 Å². The Morgan fingerprint density at radius 1 is 0.864 bits per heavy atom. The molecule has 4 aromatic rings. The normalized spacial score (nSPS) is 10.7. The molecule has 0 aliphatic heterocycles. The standard InChI is InChI=1S/C7H4BrNS2.C7H4ClNS2/c2*8-4-2-1-3-5-6(4)11-7(10)9-5/h2*1-3H,(H,9,10). The number of hydrogen-bond acceptors (Lipinski definition) is 6. The summed E-state index contributed by atoms with van der Waals surface area (Å²) in [7, 11) is 0. The van der Waals surface area contributed by atoms with Crippen LogP contribution in [0, 0.1) is 0 Å². The number of thiazole rings is 2. The van der Waals surface area contributed by atoms with E-state index in [1.54, 1.807) is 11.3 Å². The molecule has 2 nitrogen and oxygen atoms in total. The van der Waals surface area contributed by atoms with Crippen LogP contribution in [0.15, 0.2) is 49.6 Å². The van der Waals surface area contributed by atoms with E-state index in [1.807, 2.05) is 36.4 Å². The first-order valence-electron chi connectivity index (χ1n) is 6.02. The summed E-state index contributed by atoms with van der Waals surface area (Å²) in [6.45, 7) is 0. The van der Waals surface area contributed by atoms with Crippen LogP contribution >= 0.6 is 75.5 Å². The Labute approximate surface area is 159 Å². The molecule has 0 saturated heterocycles. The lowest BCUT2D eigenvalue weighted by Crippen LogP contribution is -1.66. The van der Waals surface area contributed by atoms with Gasteiger partial charge in [0.05, 0.1) is 25.5 Å². The van der Waals surface area contributed by atoms with E-state index >= 15 is 0 Å². The van der Waals surface area contributed by atoms with Gasteiger partial charge in [-0.25, -0.2) is 9.97 Å². The fourth-order valence-electron chi connectivity index (χ4n) is 1.81. The van der Waals surface area contributed by atoms with Crippen molar-refractivity contribution < 1.29 is 0 Å². The average Bonchev–Trinajstić information content (AvgIpc) is 3.03. The number of rotatable bonds is 0. The van der Waals surface area contributed by atoms with E-state index in [4.69, 9.17) is 11.6 Å². The van der Waals surface area contributed by atoms with E-state index in [1.165, 1.54) is 11.3 Å². The van der Waals surface area contributed by atoms with Crippen LogP contribution in [-0.4, -0.2) is 9.97 Å². The molecule has 2 aromatic heterocycles. The molecule has 0 amide bonds. The van der Waals surface area contributed by atoms with Gasteiger partial charge < -0.3 is 0 Å². The summed E-state index contributed by atoms with van der Waals surface area (Å²) >= 11 is 20.8. The molecule has 2 heterocycles. The van der Waals surface area contributed by atoms with Gasteiger partial charge in [0.25, 0.3) is 0 Å². The van der Waals surface area contributed by atoms with Crippen LogP contribution in [0.2, 0.25) is 5.02 Å². The van der Waals surface area contributed by atoms with Gasteiger partial charge in [-0.2, -0.15) is 0 Å². The number of halogens is 2. The zero-order chi connectivity index (χ0) is 15.7. The van der Waals surface area contributed by atoms with E-state index in [-0.39, 0.29) is 0 Å². The maximum Gasteiger partial charge on any atom is 0.148 e. The highest BCUT2D eigenvalue weighted by Gasteiger charge is 2.03. The first-order valence-corrected chi connectivity index (χ1v) is 9.72. The third-order valence-electron chi connectivity index (χ3n) is 2.71. The van der Waals surface area contributed by atoms with Gasteiger partial charge in [-0.3, -0.25) is 0 Å². The Bertz CT molecular complexity index is 872. The van der Waals surface area contributed by atoms with E-state index in [2.05, 4.69) is 51.2 Å². The Hall–Kier alpha value is -0.310. The van der Waals surface area contributed by atoms with Crippen molar-refractivity contribution in [1.82, 2.24) is 9.97 Å². The molecule has 0 atom stereocenters. The van der Waals surface area contributed by atoms with Gasteiger partial charge in [0.15, 0.2) is 0 Å². The zero-order valence-electron chi connectivity index (χ0n) is 10.8. The second kappa shape index (κ2) is 7.07. The molecule has 8 heteroatoms. The largest absolute Gasteiger partial charge is 0.230 e. The molecule has 0 aliphatic rings. The minimum absolute atomic E-state index is 0.750. The van der Waals surface area contributed by atoms with Gasteiger partial charge in [0, 0.05) is 4.47 Å². The maximum absolute atomic E-state index is 5.91. The Morgan fingerprint density at radius 3 is 2.00 bits per heavy atom. The van der Waals surface area contributed by atoms with Crippen LogP contribution in [0.3, 0.4) is 0 Å². The lowest BCUT2D eigenvalue weighted by molar-refractivity contribution is 1.31. The number of fused-ring (bicyclic) bond motifs is 2. The minimum atomic E-state index is 0.750. The van der Waals surface area contributed by atoms with E-state index < -0.39 is 0 Å². The molecule has 4 rings (SSSR count). The Balaban J connectivity index is 0.000000131. The molecule has 22 heavy (non-hydrogen) atoms. The van der Waals surface area contributed by atoms with Gasteiger partial charge in [-0.15, -0.1) is 47.9 Å². The summed E-state index contributed by atoms with van der Waals surface area (Å²) in [5.41, 5.74) is 1.93. The summed E-state index contributed by atoms with van der Waals surface area (Å²) in [6, 6.07) is 11.6. The zero-order valence-corrected chi connectivity index (χ0v) is 16.6. The molecule has 0 fully saturated rings. The van der Waals surface area contributed by atoms with Crippen molar-refractivity contribution in [2.75, 3.05) is 0 Å². The molecule has 0 radical (unpaired) electrons. The smallest absolute Gasteiger partial charge is 0.148 e. The summed E-state index contributed by atoms with van der Waals surface area (Å²) < 4.78 is 4.84. The second-order valence-corrected chi connectivity index (χ2v) is 8.88. The molecule has 0 N–H and O–H groups in total. The highest BCUT2D eigenvalue weighted by Crippen LogP contribution is 2.31. The first kappa shape index (κ1) is 16.5. The molecule has 0 spiro atoms. The van der Waals surface area contributed by atoms with Gasteiger partial charge in [0.1, 0.15) is 8.68 Å². The van der Waals surface area contributed by atoms with Crippen molar-refractivity contribution in [3.8, 4) is 0 Å². The molecule has 0 aliphatic carbocycles. The van der Waals surface area contributed by atoms with Gasteiger partial charge in [-0.1, -0.05) is 23.7 Å². The second-order valence-electron chi connectivity index (χ2n) is 4.17. The van der Waals surface area contributed by atoms with E-state index in [0.29, 0.717) is 0 Å². The lowest BCUT2D eigenvalue weighted by Gasteiger charge is -1.88. The molecule has 112 valence electrons. The van der Waals surface area contributed by atoms with Gasteiger partial charge in [-0.05, 0) is 40.2 Å². The predicted molar refractivity (Wildman–Crippen MR) is 106 cm³/mol. The number of hydrogen-bond donors (Lipinski definition) is 2. The van der Waals surface area contributed by atoms with Gasteiger partial charge >= 0.3 is 0 Å². The van der Waals surface area contributed by atoms with Crippen LogP contribution in [0.4, 0.5) is 0 Å². The molecule has 0 bridgehead atoms. The number of benzene rings is 2. The van der Waals surface area contributed by atoms with Crippen LogP contribution in [0.5, 0.6) is 0 Å². The van der Waals surface area contributed by atoms with E-state index in [9.17, 15) is 0 Å². The Morgan fingerprint density at radius 2 is 1.41 bits per heavy atom. The maximum atomic E-state index is 5.91. The fraction of sp³-hybridized carbons (Fsp3) is 0. The highest BCUT2D eigenvalue weighted by molar-refractivity contribution is 9.10. The average molecular weight is 448 g/mol. The lowest BCUT2D eigenvalue weighted by atomic mass is 10.3. The van der Waals surface area contributed by atoms with Crippen molar-refractivity contribution in [1.29, 1.82) is 0 Å².